The summed E-state index contributed by atoms with van der Waals surface area (Å²) in [7, 11) is 0. The third kappa shape index (κ3) is 4.10. The second kappa shape index (κ2) is 7.49. The first kappa shape index (κ1) is 21.2. The first-order chi connectivity index (χ1) is 12.4. The van der Waals surface area contributed by atoms with E-state index < -0.39 is 11.8 Å². The number of halogens is 1. The summed E-state index contributed by atoms with van der Waals surface area (Å²) in [6.07, 6.45) is 3.45. The minimum absolute atomic E-state index is 0.0723. The fourth-order valence-electron chi connectivity index (χ4n) is 3.75. The Bertz CT molecular complexity index is 808. The predicted octanol–water partition coefficient (Wildman–Crippen LogP) is 6.37. The van der Waals surface area contributed by atoms with Crippen molar-refractivity contribution in [3.8, 4) is 5.75 Å². The molecule has 27 heavy (non-hydrogen) atoms. The molecule has 4 heteroatoms. The van der Waals surface area contributed by atoms with Crippen LogP contribution >= 0.6 is 0 Å². The van der Waals surface area contributed by atoms with Gasteiger partial charge in [0.05, 0.1) is 6.61 Å². The average Bonchev–Trinajstić information content (AvgIpc) is 2.55. The smallest absolute Gasteiger partial charge is 0.365 e. The molecule has 2 rings (SSSR count). The molecular weight excluding hydrogens is 343 g/mol. The number of rotatable bonds is 5. The molecule has 1 aromatic rings. The summed E-state index contributed by atoms with van der Waals surface area (Å²) in [6, 6.07) is 3.91. The van der Waals surface area contributed by atoms with E-state index in [0.29, 0.717) is 17.9 Å². The molecule has 0 fully saturated rings. The molecule has 148 valence electrons. The zero-order chi connectivity index (χ0) is 20.6. The van der Waals surface area contributed by atoms with Gasteiger partial charge in [0.2, 0.25) is 5.83 Å². The SMILES string of the molecule is CCOc1cc2c(cc1/C(CC)=C(/F)C(=O)O)C(C(C)(C)C)=CCC2(C)C. The van der Waals surface area contributed by atoms with Crippen molar-refractivity contribution in [3.63, 3.8) is 0 Å². The molecule has 3 nitrogen and oxygen atoms in total. The minimum Gasteiger partial charge on any atom is -0.493 e. The minimum atomic E-state index is -1.54. The molecule has 1 aliphatic rings. The molecule has 1 aliphatic carbocycles. The molecule has 0 saturated heterocycles. The van der Waals surface area contributed by atoms with Crippen molar-refractivity contribution < 1.29 is 19.0 Å². The predicted molar refractivity (Wildman–Crippen MR) is 109 cm³/mol. The Morgan fingerprint density at radius 3 is 2.37 bits per heavy atom. The highest BCUT2D eigenvalue weighted by atomic mass is 19.1. The quantitative estimate of drug-likeness (QED) is 0.609. The van der Waals surface area contributed by atoms with Crippen LogP contribution in [0.1, 0.15) is 78.0 Å². The van der Waals surface area contributed by atoms with Crippen molar-refractivity contribution in [2.45, 2.75) is 66.7 Å². The van der Waals surface area contributed by atoms with E-state index in [2.05, 4.69) is 40.7 Å². The van der Waals surface area contributed by atoms with Gasteiger partial charge in [-0.3, -0.25) is 0 Å². The molecule has 0 aromatic heterocycles. The molecule has 0 amide bonds. The number of fused-ring (bicyclic) bond motifs is 1. The van der Waals surface area contributed by atoms with Crippen molar-refractivity contribution in [2.75, 3.05) is 6.61 Å². The van der Waals surface area contributed by atoms with Gasteiger partial charge < -0.3 is 9.84 Å². The van der Waals surface area contributed by atoms with Crippen LogP contribution in [0, 0.1) is 5.41 Å². The van der Waals surface area contributed by atoms with Gasteiger partial charge in [-0.25, -0.2) is 4.79 Å². The van der Waals surface area contributed by atoms with Gasteiger partial charge in [-0.15, -0.1) is 0 Å². The van der Waals surface area contributed by atoms with Crippen molar-refractivity contribution in [3.05, 3.63) is 40.7 Å². The number of hydrogen-bond acceptors (Lipinski definition) is 2. The standard InChI is InChI=1S/C23H31FO3/c1-8-14(20(24)21(25)26)15-12-16-17(22(3,4)5)10-11-23(6,7)18(16)13-19(15)27-9-2/h10,12-13H,8-9,11H2,1-7H3,(H,25,26)/b20-14+. The zero-order valence-electron chi connectivity index (χ0n) is 17.5. The van der Waals surface area contributed by atoms with Crippen LogP contribution < -0.4 is 4.74 Å². The summed E-state index contributed by atoms with van der Waals surface area (Å²) in [5.74, 6) is -2.11. The summed E-state index contributed by atoms with van der Waals surface area (Å²) >= 11 is 0. The van der Waals surface area contributed by atoms with Crippen LogP contribution in [-0.2, 0) is 10.2 Å². The van der Waals surface area contributed by atoms with Gasteiger partial charge >= 0.3 is 5.97 Å². The Morgan fingerprint density at radius 1 is 1.26 bits per heavy atom. The van der Waals surface area contributed by atoms with E-state index in [4.69, 9.17) is 4.74 Å². The molecular formula is C23H31FO3. The summed E-state index contributed by atoms with van der Waals surface area (Å²) in [5.41, 5.74) is 3.98. The van der Waals surface area contributed by atoms with Crippen LogP contribution in [-0.4, -0.2) is 17.7 Å². The van der Waals surface area contributed by atoms with Gasteiger partial charge in [0.25, 0.3) is 0 Å². The van der Waals surface area contributed by atoms with Crippen LogP contribution in [0.3, 0.4) is 0 Å². The van der Waals surface area contributed by atoms with Crippen LogP contribution in [0.25, 0.3) is 11.1 Å². The van der Waals surface area contributed by atoms with E-state index in [0.717, 1.165) is 17.5 Å². The fraction of sp³-hybridized carbons (Fsp3) is 0.522. The topological polar surface area (TPSA) is 46.5 Å². The second-order valence-corrected chi connectivity index (χ2v) is 8.73. The van der Waals surface area contributed by atoms with Crippen LogP contribution in [0.5, 0.6) is 5.75 Å². The summed E-state index contributed by atoms with van der Waals surface area (Å²) in [4.78, 5) is 11.3. The van der Waals surface area contributed by atoms with E-state index in [9.17, 15) is 14.3 Å². The van der Waals surface area contributed by atoms with E-state index >= 15 is 0 Å². The summed E-state index contributed by atoms with van der Waals surface area (Å²) in [5, 5.41) is 9.18. The van der Waals surface area contributed by atoms with Gasteiger partial charge in [-0.05, 0) is 59.4 Å². The van der Waals surface area contributed by atoms with Crippen LogP contribution in [0.15, 0.2) is 24.0 Å². The van der Waals surface area contributed by atoms with E-state index in [1.165, 1.54) is 5.57 Å². The molecule has 0 bridgehead atoms. The highest BCUT2D eigenvalue weighted by Crippen LogP contribution is 2.48. The Balaban J connectivity index is 2.87. The first-order valence-electron chi connectivity index (χ1n) is 9.58. The molecule has 1 N–H and O–H groups in total. The molecule has 0 unspecified atom stereocenters. The lowest BCUT2D eigenvalue weighted by atomic mass is 9.67. The largest absolute Gasteiger partial charge is 0.493 e. The third-order valence-corrected chi connectivity index (χ3v) is 5.19. The number of aliphatic carboxylic acids is 1. The lowest BCUT2D eigenvalue weighted by molar-refractivity contribution is -0.134. The number of hydrogen-bond donors (Lipinski definition) is 1. The summed E-state index contributed by atoms with van der Waals surface area (Å²) in [6.45, 7) is 14.9. The highest BCUT2D eigenvalue weighted by Gasteiger charge is 2.34. The number of benzene rings is 1. The monoisotopic (exact) mass is 374 g/mol. The van der Waals surface area contributed by atoms with Crippen LogP contribution in [0.4, 0.5) is 4.39 Å². The Morgan fingerprint density at radius 2 is 1.89 bits per heavy atom. The molecule has 0 heterocycles. The maximum atomic E-state index is 14.4. The maximum Gasteiger partial charge on any atom is 0.365 e. The van der Waals surface area contributed by atoms with Gasteiger partial charge in [0, 0.05) is 11.1 Å². The Kier molecular flexibility index (Phi) is 5.88. The number of carboxylic acid groups (broad SMARTS) is 1. The average molecular weight is 374 g/mol. The van der Waals surface area contributed by atoms with Crippen molar-refractivity contribution in [2.24, 2.45) is 5.41 Å². The van der Waals surface area contributed by atoms with E-state index in [-0.39, 0.29) is 22.8 Å². The second-order valence-electron chi connectivity index (χ2n) is 8.73. The molecule has 0 atom stereocenters. The summed E-state index contributed by atoms with van der Waals surface area (Å²) < 4.78 is 20.2. The van der Waals surface area contributed by atoms with Crippen molar-refractivity contribution in [1.29, 1.82) is 0 Å². The normalized spacial score (nSPS) is 17.0. The number of carboxylic acids is 1. The first-order valence-corrected chi connectivity index (χ1v) is 9.58. The van der Waals surface area contributed by atoms with Gasteiger partial charge in [0.15, 0.2) is 0 Å². The number of ether oxygens (including phenoxy) is 1. The fourth-order valence-corrected chi connectivity index (χ4v) is 3.75. The third-order valence-electron chi connectivity index (χ3n) is 5.19. The van der Waals surface area contributed by atoms with Gasteiger partial charge in [-0.1, -0.05) is 47.6 Å². The van der Waals surface area contributed by atoms with Gasteiger partial charge in [0.1, 0.15) is 5.75 Å². The van der Waals surface area contributed by atoms with Crippen LogP contribution in [0.2, 0.25) is 0 Å². The van der Waals surface area contributed by atoms with Crippen molar-refractivity contribution >= 4 is 17.1 Å². The van der Waals surface area contributed by atoms with Crippen molar-refractivity contribution in [1.82, 2.24) is 0 Å². The molecule has 0 radical (unpaired) electrons. The Hall–Kier alpha value is -2.10. The van der Waals surface area contributed by atoms with E-state index in [1.54, 1.807) is 6.92 Å². The molecule has 0 saturated carbocycles. The Labute approximate surface area is 161 Å². The number of allylic oxidation sites excluding steroid dienone is 3. The lowest BCUT2D eigenvalue weighted by Crippen LogP contribution is -2.25. The lowest BCUT2D eigenvalue weighted by Gasteiger charge is -2.37. The zero-order valence-corrected chi connectivity index (χ0v) is 17.5. The maximum absolute atomic E-state index is 14.4. The van der Waals surface area contributed by atoms with E-state index in [1.807, 2.05) is 19.1 Å². The highest BCUT2D eigenvalue weighted by molar-refractivity contribution is 5.95. The van der Waals surface area contributed by atoms with Gasteiger partial charge in [-0.2, -0.15) is 4.39 Å². The molecule has 1 aromatic carbocycles. The number of carbonyl (C=O) groups is 1. The molecule has 0 spiro atoms. The molecule has 0 aliphatic heterocycles.